The van der Waals surface area contributed by atoms with Gasteiger partial charge in [-0.2, -0.15) is 0 Å². The summed E-state index contributed by atoms with van der Waals surface area (Å²) in [6.45, 7) is 5.11. The largest absolute Gasteiger partial charge is 0.475 e. The molecular formula is C15H23NO3. The number of carbonyl (C=O) groups is 1. The van der Waals surface area contributed by atoms with Crippen LogP contribution in [-0.2, 0) is 6.54 Å². The molecule has 0 radical (unpaired) electrons. The van der Waals surface area contributed by atoms with E-state index in [2.05, 4.69) is 19.2 Å². The van der Waals surface area contributed by atoms with E-state index in [1.165, 1.54) is 31.9 Å². The lowest BCUT2D eigenvalue weighted by atomic mass is 9.78. The van der Waals surface area contributed by atoms with Crippen molar-refractivity contribution >= 4 is 5.97 Å². The van der Waals surface area contributed by atoms with Crippen molar-refractivity contribution < 1.29 is 14.3 Å². The Morgan fingerprint density at radius 3 is 2.89 bits per heavy atom. The Hall–Kier alpha value is -1.29. The highest BCUT2D eigenvalue weighted by Gasteiger charge is 2.27. The van der Waals surface area contributed by atoms with Gasteiger partial charge >= 0.3 is 5.97 Å². The van der Waals surface area contributed by atoms with E-state index >= 15 is 0 Å². The zero-order valence-corrected chi connectivity index (χ0v) is 11.7. The molecule has 1 aromatic rings. The van der Waals surface area contributed by atoms with Gasteiger partial charge in [0.25, 0.3) is 0 Å². The Morgan fingerprint density at radius 1 is 1.47 bits per heavy atom. The Labute approximate surface area is 114 Å². The van der Waals surface area contributed by atoms with Gasteiger partial charge in [-0.1, -0.05) is 26.7 Å². The topological polar surface area (TPSA) is 62.5 Å². The second-order valence-electron chi connectivity index (χ2n) is 5.76. The highest BCUT2D eigenvalue weighted by Crippen LogP contribution is 2.30. The second kappa shape index (κ2) is 6.24. The van der Waals surface area contributed by atoms with E-state index in [4.69, 9.17) is 9.52 Å². The third kappa shape index (κ3) is 3.38. The molecule has 1 fully saturated rings. The molecule has 1 saturated carbocycles. The van der Waals surface area contributed by atoms with Crippen LogP contribution in [0, 0.1) is 11.8 Å². The Morgan fingerprint density at radius 2 is 2.21 bits per heavy atom. The van der Waals surface area contributed by atoms with Crippen molar-refractivity contribution in [2.75, 3.05) is 0 Å². The average molecular weight is 265 g/mol. The van der Waals surface area contributed by atoms with Gasteiger partial charge in [0, 0.05) is 18.2 Å². The van der Waals surface area contributed by atoms with Crippen LogP contribution in [-0.4, -0.2) is 17.1 Å². The van der Waals surface area contributed by atoms with Crippen molar-refractivity contribution in [2.45, 2.75) is 52.1 Å². The number of carboxylic acids is 1. The fraction of sp³-hybridized carbons (Fsp3) is 0.667. The maximum absolute atomic E-state index is 11.0. The summed E-state index contributed by atoms with van der Waals surface area (Å²) in [5.74, 6) is 0.422. The molecule has 1 aromatic heterocycles. The second-order valence-corrected chi connectivity index (χ2v) is 5.76. The van der Waals surface area contributed by atoms with Gasteiger partial charge in [0.1, 0.15) is 0 Å². The molecule has 1 heterocycles. The number of hydrogen-bond acceptors (Lipinski definition) is 3. The van der Waals surface area contributed by atoms with Crippen LogP contribution in [0.3, 0.4) is 0 Å². The van der Waals surface area contributed by atoms with Gasteiger partial charge in [0.05, 0.1) is 6.26 Å². The van der Waals surface area contributed by atoms with Gasteiger partial charge in [-0.3, -0.25) is 0 Å². The number of carboxylic acid groups (broad SMARTS) is 1. The molecule has 2 N–H and O–H groups in total. The molecule has 0 aliphatic heterocycles. The third-order valence-electron chi connectivity index (χ3n) is 4.17. The smallest absolute Gasteiger partial charge is 0.372 e. The third-order valence-corrected chi connectivity index (χ3v) is 4.17. The average Bonchev–Trinajstić information content (AvgIpc) is 2.85. The molecule has 0 aromatic carbocycles. The van der Waals surface area contributed by atoms with Crippen molar-refractivity contribution in [1.29, 1.82) is 0 Å². The molecule has 0 bridgehead atoms. The number of hydrogen-bond donors (Lipinski definition) is 2. The van der Waals surface area contributed by atoms with Crippen molar-refractivity contribution in [3.63, 3.8) is 0 Å². The van der Waals surface area contributed by atoms with Crippen LogP contribution in [0.2, 0.25) is 0 Å². The maximum Gasteiger partial charge on any atom is 0.372 e. The molecule has 0 amide bonds. The summed E-state index contributed by atoms with van der Waals surface area (Å²) < 4.78 is 5.00. The number of nitrogens with one attached hydrogen (secondary N) is 1. The molecule has 2 atom stereocenters. The fourth-order valence-electron chi connectivity index (χ4n) is 3.11. The van der Waals surface area contributed by atoms with E-state index in [9.17, 15) is 4.79 Å². The summed E-state index contributed by atoms with van der Waals surface area (Å²) in [5.41, 5.74) is 0.737. The minimum Gasteiger partial charge on any atom is -0.475 e. The van der Waals surface area contributed by atoms with Gasteiger partial charge in [0.2, 0.25) is 5.76 Å². The molecule has 4 heteroatoms. The van der Waals surface area contributed by atoms with E-state index in [0.29, 0.717) is 24.4 Å². The van der Waals surface area contributed by atoms with Gasteiger partial charge in [-0.05, 0) is 30.7 Å². The van der Waals surface area contributed by atoms with Crippen molar-refractivity contribution in [3.8, 4) is 0 Å². The van der Waals surface area contributed by atoms with Crippen molar-refractivity contribution in [3.05, 3.63) is 23.7 Å². The van der Waals surface area contributed by atoms with Crippen LogP contribution in [0.25, 0.3) is 0 Å². The van der Waals surface area contributed by atoms with E-state index in [1.54, 1.807) is 6.07 Å². The molecule has 4 nitrogen and oxygen atoms in total. The SMILES string of the molecule is CC(C)C1CCCCC1NCc1ccoc1C(=O)O. The van der Waals surface area contributed by atoms with Crippen molar-refractivity contribution in [2.24, 2.45) is 11.8 Å². The summed E-state index contributed by atoms with van der Waals surface area (Å²) in [4.78, 5) is 11.0. The molecule has 2 rings (SSSR count). The lowest BCUT2D eigenvalue weighted by Gasteiger charge is -2.35. The fourth-order valence-corrected chi connectivity index (χ4v) is 3.11. The van der Waals surface area contributed by atoms with E-state index in [-0.39, 0.29) is 5.76 Å². The maximum atomic E-state index is 11.0. The molecule has 19 heavy (non-hydrogen) atoms. The lowest BCUT2D eigenvalue weighted by molar-refractivity contribution is 0.0660. The molecule has 1 aliphatic carbocycles. The van der Waals surface area contributed by atoms with Gasteiger partial charge in [-0.15, -0.1) is 0 Å². The van der Waals surface area contributed by atoms with Crippen LogP contribution in [0.5, 0.6) is 0 Å². The van der Waals surface area contributed by atoms with E-state index in [1.807, 2.05) is 0 Å². The quantitative estimate of drug-likeness (QED) is 0.857. The molecule has 0 saturated heterocycles. The van der Waals surface area contributed by atoms with E-state index < -0.39 is 5.97 Å². The van der Waals surface area contributed by atoms with Crippen LogP contribution in [0.1, 0.15) is 55.6 Å². The number of rotatable bonds is 5. The zero-order chi connectivity index (χ0) is 13.8. The predicted octanol–water partition coefficient (Wildman–Crippen LogP) is 3.28. The molecular weight excluding hydrogens is 242 g/mol. The first-order valence-corrected chi connectivity index (χ1v) is 7.12. The van der Waals surface area contributed by atoms with Crippen LogP contribution < -0.4 is 5.32 Å². The first-order chi connectivity index (χ1) is 9.09. The highest BCUT2D eigenvalue weighted by atomic mass is 16.4. The summed E-state index contributed by atoms with van der Waals surface area (Å²) in [5, 5.41) is 12.5. The summed E-state index contributed by atoms with van der Waals surface area (Å²) in [7, 11) is 0. The number of furan rings is 1. The number of aromatic carboxylic acids is 1. The summed E-state index contributed by atoms with van der Waals surface area (Å²) in [6.07, 6.45) is 6.47. The van der Waals surface area contributed by atoms with Crippen molar-refractivity contribution in [1.82, 2.24) is 5.32 Å². The summed E-state index contributed by atoms with van der Waals surface area (Å²) in [6, 6.07) is 2.23. The van der Waals surface area contributed by atoms with Crippen LogP contribution in [0.15, 0.2) is 16.7 Å². The molecule has 2 unspecified atom stereocenters. The first kappa shape index (κ1) is 14.1. The van der Waals surface area contributed by atoms with Crippen LogP contribution >= 0.6 is 0 Å². The molecule has 0 spiro atoms. The summed E-state index contributed by atoms with van der Waals surface area (Å²) >= 11 is 0. The minimum atomic E-state index is -0.995. The molecule has 1 aliphatic rings. The highest BCUT2D eigenvalue weighted by molar-refractivity contribution is 5.86. The Kier molecular flexibility index (Phi) is 4.64. The predicted molar refractivity (Wildman–Crippen MR) is 73.1 cm³/mol. The standard InChI is InChI=1S/C15H23NO3/c1-10(2)12-5-3-4-6-13(12)16-9-11-7-8-19-14(11)15(17)18/h7-8,10,12-13,16H,3-6,9H2,1-2H3,(H,17,18). The lowest BCUT2D eigenvalue weighted by Crippen LogP contribution is -2.40. The van der Waals surface area contributed by atoms with Gasteiger partial charge < -0.3 is 14.8 Å². The molecule has 106 valence electrons. The zero-order valence-electron chi connectivity index (χ0n) is 11.7. The first-order valence-electron chi connectivity index (χ1n) is 7.12. The minimum absolute atomic E-state index is 0.0596. The Bertz CT molecular complexity index is 425. The Balaban J connectivity index is 1.96. The monoisotopic (exact) mass is 265 g/mol. The van der Waals surface area contributed by atoms with Gasteiger partial charge in [0.15, 0.2) is 0 Å². The normalized spacial score (nSPS) is 23.7. The van der Waals surface area contributed by atoms with E-state index in [0.717, 1.165) is 5.56 Å². The van der Waals surface area contributed by atoms with Crippen LogP contribution in [0.4, 0.5) is 0 Å². The van der Waals surface area contributed by atoms with Gasteiger partial charge in [-0.25, -0.2) is 4.79 Å².